The summed E-state index contributed by atoms with van der Waals surface area (Å²) in [6.07, 6.45) is -3.27. The predicted octanol–water partition coefficient (Wildman–Crippen LogP) is 6.33. The molecule has 0 aliphatic rings. The highest BCUT2D eigenvalue weighted by molar-refractivity contribution is 6.33. The molecule has 1 heterocycles. The van der Waals surface area contributed by atoms with Crippen LogP contribution < -0.4 is 10.1 Å². The Morgan fingerprint density at radius 1 is 1.14 bits per heavy atom. The minimum absolute atomic E-state index is 0.0208. The second-order valence-electron chi connectivity index (χ2n) is 7.80. The summed E-state index contributed by atoms with van der Waals surface area (Å²) in [7, 11) is 0. The third kappa shape index (κ3) is 7.48. The highest BCUT2D eigenvalue weighted by Crippen LogP contribution is 2.35. The molecule has 0 fully saturated rings. The average Bonchev–Trinajstić information content (AvgIpc) is 2.85. The van der Waals surface area contributed by atoms with E-state index in [-0.39, 0.29) is 47.1 Å². The lowest BCUT2D eigenvalue weighted by atomic mass is 9.98. The van der Waals surface area contributed by atoms with Crippen LogP contribution in [0, 0.1) is 11.8 Å². The molecule has 2 aromatic carbocycles. The number of carbonyl (C=O) groups excluding carboxylic acids is 1. The predicted molar refractivity (Wildman–Crippen MR) is 134 cm³/mol. The van der Waals surface area contributed by atoms with Gasteiger partial charge < -0.3 is 15.2 Å². The highest BCUT2D eigenvalue weighted by atomic mass is 35.5. The molecule has 37 heavy (non-hydrogen) atoms. The van der Waals surface area contributed by atoms with Crippen molar-refractivity contribution in [2.45, 2.75) is 25.9 Å². The first kappa shape index (κ1) is 27.6. The first-order valence-electron chi connectivity index (χ1n) is 11.1. The zero-order valence-corrected chi connectivity index (χ0v) is 20.4. The van der Waals surface area contributed by atoms with Gasteiger partial charge in [-0.05, 0) is 49.7 Å². The lowest BCUT2D eigenvalue weighted by molar-refractivity contribution is -0.141. The third-order valence-corrected chi connectivity index (χ3v) is 5.48. The van der Waals surface area contributed by atoms with Crippen molar-refractivity contribution in [3.8, 4) is 28.7 Å². The van der Waals surface area contributed by atoms with E-state index in [1.807, 2.05) is 0 Å². The van der Waals surface area contributed by atoms with Crippen LogP contribution in [0.2, 0.25) is 5.02 Å². The molecule has 6 nitrogen and oxygen atoms in total. The van der Waals surface area contributed by atoms with E-state index >= 15 is 0 Å². The molecule has 192 valence electrons. The number of ether oxygens (including phenoxy) is 1. The molecule has 0 amide bonds. The van der Waals surface area contributed by atoms with Crippen LogP contribution in [-0.4, -0.2) is 35.0 Å². The third-order valence-electron chi connectivity index (χ3n) is 5.15. The van der Waals surface area contributed by atoms with Crippen molar-refractivity contribution in [2.75, 3.05) is 18.5 Å². The van der Waals surface area contributed by atoms with E-state index in [0.717, 1.165) is 12.3 Å². The number of Topliss-reactive ketones (excluding diaryl/α,β-unsaturated/α-hetero) is 1. The number of ketones is 1. The molecule has 0 unspecified atom stereocenters. The molecule has 1 aromatic heterocycles. The topological polar surface area (TPSA) is 88.5 Å². The summed E-state index contributed by atoms with van der Waals surface area (Å²) in [4.78, 5) is 27.1. The maximum absolute atomic E-state index is 13.1. The van der Waals surface area contributed by atoms with Crippen LogP contribution in [0.5, 0.6) is 5.75 Å². The number of para-hydroxylation sites is 2. The normalized spacial score (nSPS) is 10.8. The van der Waals surface area contributed by atoms with Gasteiger partial charge in [0.1, 0.15) is 11.4 Å². The van der Waals surface area contributed by atoms with Gasteiger partial charge in [0.15, 0.2) is 5.78 Å². The van der Waals surface area contributed by atoms with Crippen molar-refractivity contribution in [3.63, 3.8) is 0 Å². The number of rotatable bonds is 10. The summed E-state index contributed by atoms with van der Waals surface area (Å²) in [6, 6.07) is 12.3. The molecule has 2 N–H and O–H groups in total. The zero-order chi connectivity index (χ0) is 27.0. The van der Waals surface area contributed by atoms with Crippen molar-refractivity contribution in [1.82, 2.24) is 4.98 Å². The van der Waals surface area contributed by atoms with Crippen LogP contribution >= 0.6 is 11.6 Å². The molecule has 3 rings (SSSR count). The number of anilines is 1. The molecule has 0 aliphatic carbocycles. The summed E-state index contributed by atoms with van der Waals surface area (Å²) in [5.74, 6) is 4.49. The number of hydrogen-bond donors (Lipinski definition) is 2. The van der Waals surface area contributed by atoms with E-state index < -0.39 is 17.8 Å². The number of nitrogens with one attached hydrogen (secondary N) is 1. The maximum atomic E-state index is 13.1. The summed E-state index contributed by atoms with van der Waals surface area (Å²) in [5, 5.41) is 12.0. The van der Waals surface area contributed by atoms with Crippen molar-refractivity contribution in [1.29, 1.82) is 0 Å². The molecule has 0 saturated carbocycles. The minimum Gasteiger partial charge on any atom is -0.491 e. The van der Waals surface area contributed by atoms with Gasteiger partial charge in [-0.15, -0.1) is 5.92 Å². The molecule has 10 heteroatoms. The second kappa shape index (κ2) is 12.3. The number of benzene rings is 2. The number of alkyl halides is 3. The fourth-order valence-corrected chi connectivity index (χ4v) is 3.61. The van der Waals surface area contributed by atoms with Crippen molar-refractivity contribution < 1.29 is 32.6 Å². The number of pyridine rings is 1. The van der Waals surface area contributed by atoms with E-state index in [9.17, 15) is 22.8 Å². The zero-order valence-electron chi connectivity index (χ0n) is 19.7. The number of aromatic nitrogens is 1. The Morgan fingerprint density at radius 3 is 2.59 bits per heavy atom. The van der Waals surface area contributed by atoms with Gasteiger partial charge in [0.25, 0.3) is 0 Å². The maximum Gasteiger partial charge on any atom is 0.433 e. The summed E-state index contributed by atoms with van der Waals surface area (Å²) in [6.45, 7) is 1.59. The molecule has 3 aromatic rings. The Labute approximate surface area is 216 Å². The van der Waals surface area contributed by atoms with Gasteiger partial charge in [-0.1, -0.05) is 29.7 Å². The van der Waals surface area contributed by atoms with Gasteiger partial charge in [-0.25, -0.2) is 0 Å². The van der Waals surface area contributed by atoms with Crippen LogP contribution in [-0.2, 0) is 11.0 Å². The number of carbonyl (C=O) groups is 2. The number of aliphatic carboxylic acids is 1. The smallest absolute Gasteiger partial charge is 0.433 e. The van der Waals surface area contributed by atoms with Gasteiger partial charge in [0.2, 0.25) is 0 Å². The number of carboxylic acid groups (broad SMARTS) is 1. The van der Waals surface area contributed by atoms with E-state index in [0.29, 0.717) is 23.4 Å². The van der Waals surface area contributed by atoms with Crippen molar-refractivity contribution >= 4 is 29.0 Å². The largest absolute Gasteiger partial charge is 0.491 e. The molecule has 0 radical (unpaired) electrons. The van der Waals surface area contributed by atoms with Crippen LogP contribution in [0.1, 0.15) is 41.4 Å². The van der Waals surface area contributed by atoms with E-state index in [1.54, 1.807) is 24.3 Å². The quantitative estimate of drug-likeness (QED) is 0.181. The molecule has 0 aliphatic heterocycles. The van der Waals surface area contributed by atoms with Gasteiger partial charge >= 0.3 is 12.1 Å². The number of hydrogen-bond acceptors (Lipinski definition) is 5. The van der Waals surface area contributed by atoms with Crippen LogP contribution in [0.25, 0.3) is 11.1 Å². The Bertz CT molecular complexity index is 1360. The highest BCUT2D eigenvalue weighted by Gasteiger charge is 2.33. The fourth-order valence-electron chi connectivity index (χ4n) is 3.39. The molecular weight excluding hydrogens is 509 g/mol. The first-order chi connectivity index (χ1) is 17.6. The van der Waals surface area contributed by atoms with Gasteiger partial charge in [0.05, 0.1) is 18.8 Å². The van der Waals surface area contributed by atoms with Crippen molar-refractivity contribution in [3.05, 3.63) is 76.6 Å². The van der Waals surface area contributed by atoms with Crippen LogP contribution in [0.3, 0.4) is 0 Å². The molecular formula is C27H22ClF3N2O4. The SMILES string of the molecule is CC#Cc1cc(C(F)(F)F)ncc1-c1cc(C(=O)CNc2ccccc2OCCCC(=O)O)ccc1Cl. The van der Waals surface area contributed by atoms with Gasteiger partial charge in [-0.2, -0.15) is 13.2 Å². The summed E-state index contributed by atoms with van der Waals surface area (Å²) >= 11 is 6.33. The van der Waals surface area contributed by atoms with E-state index in [4.69, 9.17) is 21.4 Å². The number of carboxylic acids is 1. The number of nitrogens with zero attached hydrogens (tertiary/aromatic N) is 1. The Hall–Kier alpha value is -4.03. The Kier molecular flexibility index (Phi) is 9.15. The molecule has 0 atom stereocenters. The molecule has 0 spiro atoms. The van der Waals surface area contributed by atoms with Crippen molar-refractivity contribution in [2.24, 2.45) is 0 Å². The van der Waals surface area contributed by atoms with Crippen LogP contribution in [0.15, 0.2) is 54.7 Å². The van der Waals surface area contributed by atoms with Crippen LogP contribution in [0.4, 0.5) is 18.9 Å². The monoisotopic (exact) mass is 530 g/mol. The first-order valence-corrected chi connectivity index (χ1v) is 11.5. The molecule has 0 bridgehead atoms. The lowest BCUT2D eigenvalue weighted by Crippen LogP contribution is -2.15. The van der Waals surface area contributed by atoms with Gasteiger partial charge in [-0.3, -0.25) is 14.6 Å². The fraction of sp³-hybridized carbons (Fsp3) is 0.222. The van der Waals surface area contributed by atoms with E-state index in [2.05, 4.69) is 22.1 Å². The average molecular weight is 531 g/mol. The summed E-state index contributed by atoms with van der Waals surface area (Å²) in [5.41, 5.74) is 0.437. The second-order valence-corrected chi connectivity index (χ2v) is 8.21. The minimum atomic E-state index is -4.63. The van der Waals surface area contributed by atoms with E-state index in [1.165, 1.54) is 25.1 Å². The Balaban J connectivity index is 1.80. The molecule has 0 saturated heterocycles. The summed E-state index contributed by atoms with van der Waals surface area (Å²) < 4.78 is 45.1. The van der Waals surface area contributed by atoms with Gasteiger partial charge in [0, 0.05) is 39.9 Å². The Morgan fingerprint density at radius 2 is 1.89 bits per heavy atom. The lowest BCUT2D eigenvalue weighted by Gasteiger charge is -2.14. The number of halogens is 4. The standard InChI is InChI=1S/C27H22ClF3N2O4/c1-2-6-17-14-25(27(29,30)31)33-15-20(17)19-13-18(10-11-21(19)28)23(34)16-32-22-7-3-4-8-24(22)37-12-5-9-26(35)36/h3-4,7-8,10-11,13-15,32H,5,9,12,16H2,1H3,(H,35,36).